The first kappa shape index (κ1) is 12.7. The second kappa shape index (κ2) is 6.28. The summed E-state index contributed by atoms with van der Waals surface area (Å²) in [6.07, 6.45) is 1.23. The van der Waals surface area contributed by atoms with Crippen molar-refractivity contribution in [2.24, 2.45) is 0 Å². The van der Waals surface area contributed by atoms with Gasteiger partial charge in [0.2, 0.25) is 0 Å². The minimum Gasteiger partial charge on any atom is -0.508 e. The van der Waals surface area contributed by atoms with Gasteiger partial charge in [-0.1, -0.05) is 26.0 Å². The minimum absolute atomic E-state index is 0.112. The molecule has 0 aromatic heterocycles. The summed E-state index contributed by atoms with van der Waals surface area (Å²) in [5.74, 6) is 0.487. The van der Waals surface area contributed by atoms with Gasteiger partial charge in [0.05, 0.1) is 6.04 Å². The van der Waals surface area contributed by atoms with Crippen molar-refractivity contribution in [1.29, 1.82) is 0 Å². The van der Waals surface area contributed by atoms with Crippen molar-refractivity contribution in [3.05, 3.63) is 29.8 Å². The fourth-order valence-corrected chi connectivity index (χ4v) is 1.66. The number of carbonyl (C=O) groups excluding carboxylic acids is 1. The molecule has 1 aromatic rings. The molecular formula is C13H19NO2. The zero-order valence-corrected chi connectivity index (χ0v) is 9.86. The number of aromatic hydroxyl groups is 1. The molecule has 0 spiro atoms. The van der Waals surface area contributed by atoms with Crippen molar-refractivity contribution >= 4 is 5.78 Å². The van der Waals surface area contributed by atoms with E-state index in [9.17, 15) is 4.79 Å². The van der Waals surface area contributed by atoms with Gasteiger partial charge >= 0.3 is 0 Å². The van der Waals surface area contributed by atoms with E-state index in [1.54, 1.807) is 12.1 Å². The number of ketones is 1. The number of phenols is 1. The van der Waals surface area contributed by atoms with Crippen molar-refractivity contribution in [3.63, 3.8) is 0 Å². The van der Waals surface area contributed by atoms with Crippen LogP contribution in [0.5, 0.6) is 5.75 Å². The van der Waals surface area contributed by atoms with Crippen LogP contribution in [0.3, 0.4) is 0 Å². The largest absolute Gasteiger partial charge is 0.508 e. The Morgan fingerprint density at radius 2 is 1.94 bits per heavy atom. The van der Waals surface area contributed by atoms with Crippen LogP contribution in [0.25, 0.3) is 0 Å². The minimum atomic E-state index is -0.112. The van der Waals surface area contributed by atoms with Crippen LogP contribution in [0.4, 0.5) is 0 Å². The highest BCUT2D eigenvalue weighted by molar-refractivity contribution is 5.84. The number of carbonyl (C=O) groups is 1. The quantitative estimate of drug-likeness (QED) is 0.771. The number of hydrogen-bond acceptors (Lipinski definition) is 3. The van der Waals surface area contributed by atoms with E-state index in [0.29, 0.717) is 12.8 Å². The van der Waals surface area contributed by atoms with Gasteiger partial charge in [0.1, 0.15) is 11.5 Å². The van der Waals surface area contributed by atoms with E-state index in [1.807, 2.05) is 26.0 Å². The van der Waals surface area contributed by atoms with Gasteiger partial charge < -0.3 is 10.4 Å². The summed E-state index contributed by atoms with van der Waals surface area (Å²) in [5, 5.41) is 12.4. The molecule has 0 aliphatic rings. The summed E-state index contributed by atoms with van der Waals surface area (Å²) < 4.78 is 0. The van der Waals surface area contributed by atoms with E-state index < -0.39 is 0 Å². The van der Waals surface area contributed by atoms with Crippen LogP contribution in [0, 0.1) is 0 Å². The summed E-state index contributed by atoms with van der Waals surface area (Å²) in [6, 6.07) is 6.88. The van der Waals surface area contributed by atoms with Gasteiger partial charge in [0.15, 0.2) is 0 Å². The Morgan fingerprint density at radius 1 is 1.31 bits per heavy atom. The Labute approximate surface area is 96.5 Å². The zero-order valence-electron chi connectivity index (χ0n) is 9.86. The second-order valence-electron chi connectivity index (χ2n) is 3.80. The molecule has 3 nitrogen and oxygen atoms in total. The maximum Gasteiger partial charge on any atom is 0.149 e. The monoisotopic (exact) mass is 221 g/mol. The Bertz CT molecular complexity index is 332. The average Bonchev–Trinajstić information content (AvgIpc) is 2.30. The highest BCUT2D eigenvalue weighted by atomic mass is 16.3. The molecule has 1 aromatic carbocycles. The van der Waals surface area contributed by atoms with E-state index in [0.717, 1.165) is 12.1 Å². The molecule has 3 heteroatoms. The first-order chi connectivity index (χ1) is 7.67. The van der Waals surface area contributed by atoms with Gasteiger partial charge in [-0.2, -0.15) is 0 Å². The SMILES string of the molecule is CCNC(Cc1ccc(O)cc1)C(=O)CC. The molecule has 0 aliphatic carbocycles. The smallest absolute Gasteiger partial charge is 0.149 e. The Balaban J connectivity index is 2.67. The number of benzene rings is 1. The van der Waals surface area contributed by atoms with Crippen LogP contribution in [0.2, 0.25) is 0 Å². The van der Waals surface area contributed by atoms with E-state index in [1.165, 1.54) is 0 Å². The predicted octanol–water partition coefficient (Wildman–Crippen LogP) is 1.89. The maximum atomic E-state index is 11.7. The molecule has 16 heavy (non-hydrogen) atoms. The van der Waals surface area contributed by atoms with Crippen LogP contribution in [0.15, 0.2) is 24.3 Å². The topological polar surface area (TPSA) is 49.3 Å². The molecule has 1 unspecified atom stereocenters. The van der Waals surface area contributed by atoms with Crippen LogP contribution >= 0.6 is 0 Å². The van der Waals surface area contributed by atoms with Gasteiger partial charge in [-0.25, -0.2) is 0 Å². The molecule has 0 aliphatic heterocycles. The fraction of sp³-hybridized carbons (Fsp3) is 0.462. The van der Waals surface area contributed by atoms with Crippen molar-refractivity contribution in [1.82, 2.24) is 5.32 Å². The number of hydrogen-bond donors (Lipinski definition) is 2. The highest BCUT2D eigenvalue weighted by Gasteiger charge is 2.15. The van der Waals surface area contributed by atoms with Crippen molar-refractivity contribution in [2.45, 2.75) is 32.7 Å². The first-order valence-corrected chi connectivity index (χ1v) is 5.71. The third-order valence-electron chi connectivity index (χ3n) is 2.56. The molecule has 88 valence electrons. The van der Waals surface area contributed by atoms with Gasteiger partial charge in [0.25, 0.3) is 0 Å². The van der Waals surface area contributed by atoms with Gasteiger partial charge in [-0.05, 0) is 30.7 Å². The number of Topliss-reactive ketones (excluding diaryl/α,β-unsaturated/α-hetero) is 1. The first-order valence-electron chi connectivity index (χ1n) is 5.71. The summed E-state index contributed by atoms with van der Waals surface area (Å²) in [6.45, 7) is 4.66. The lowest BCUT2D eigenvalue weighted by Gasteiger charge is -2.15. The molecule has 0 amide bonds. The Kier molecular flexibility index (Phi) is 4.99. The maximum absolute atomic E-state index is 11.7. The normalized spacial score (nSPS) is 12.4. The molecular weight excluding hydrogens is 202 g/mol. The van der Waals surface area contributed by atoms with Crippen LogP contribution in [-0.2, 0) is 11.2 Å². The zero-order chi connectivity index (χ0) is 12.0. The van der Waals surface area contributed by atoms with E-state index in [2.05, 4.69) is 5.32 Å². The standard InChI is InChI=1S/C13H19NO2/c1-3-13(16)12(14-4-2)9-10-5-7-11(15)8-6-10/h5-8,12,14-15H,3-4,9H2,1-2H3. The molecule has 0 heterocycles. The van der Waals surface area contributed by atoms with Gasteiger partial charge in [0, 0.05) is 6.42 Å². The van der Waals surface area contributed by atoms with Crippen molar-refractivity contribution in [2.75, 3.05) is 6.54 Å². The molecule has 2 N–H and O–H groups in total. The third kappa shape index (κ3) is 3.66. The number of likely N-dealkylation sites (N-methyl/N-ethyl adjacent to an activating group) is 1. The third-order valence-corrected chi connectivity index (χ3v) is 2.56. The lowest BCUT2D eigenvalue weighted by atomic mass is 10.0. The molecule has 1 atom stereocenters. The van der Waals surface area contributed by atoms with Crippen LogP contribution < -0.4 is 5.32 Å². The van der Waals surface area contributed by atoms with Crippen molar-refractivity contribution < 1.29 is 9.90 Å². The molecule has 1 rings (SSSR count). The Hall–Kier alpha value is -1.35. The lowest BCUT2D eigenvalue weighted by Crippen LogP contribution is -2.38. The lowest BCUT2D eigenvalue weighted by molar-refractivity contribution is -0.120. The summed E-state index contributed by atoms with van der Waals surface area (Å²) in [7, 11) is 0. The van der Waals surface area contributed by atoms with Crippen LogP contribution in [-0.4, -0.2) is 23.5 Å². The summed E-state index contributed by atoms with van der Waals surface area (Å²) in [5.41, 5.74) is 1.06. The molecule has 0 fully saturated rings. The van der Waals surface area contributed by atoms with Crippen LogP contribution in [0.1, 0.15) is 25.8 Å². The van der Waals surface area contributed by atoms with Gasteiger partial charge in [-0.3, -0.25) is 4.79 Å². The van der Waals surface area contributed by atoms with Gasteiger partial charge in [-0.15, -0.1) is 0 Å². The highest BCUT2D eigenvalue weighted by Crippen LogP contribution is 2.12. The van der Waals surface area contributed by atoms with Crippen molar-refractivity contribution in [3.8, 4) is 5.75 Å². The number of nitrogens with one attached hydrogen (secondary N) is 1. The fourth-order valence-electron chi connectivity index (χ4n) is 1.66. The number of rotatable bonds is 6. The molecule has 0 bridgehead atoms. The number of phenolic OH excluding ortho intramolecular Hbond substituents is 1. The molecule has 0 saturated heterocycles. The van der Waals surface area contributed by atoms with E-state index in [-0.39, 0.29) is 17.6 Å². The molecule has 0 radical (unpaired) electrons. The van der Waals surface area contributed by atoms with E-state index in [4.69, 9.17) is 5.11 Å². The second-order valence-corrected chi connectivity index (χ2v) is 3.80. The summed E-state index contributed by atoms with van der Waals surface area (Å²) in [4.78, 5) is 11.7. The Morgan fingerprint density at radius 3 is 2.44 bits per heavy atom. The predicted molar refractivity (Wildman–Crippen MR) is 64.6 cm³/mol. The molecule has 0 saturated carbocycles. The average molecular weight is 221 g/mol. The summed E-state index contributed by atoms with van der Waals surface area (Å²) >= 11 is 0. The van der Waals surface area contributed by atoms with E-state index >= 15 is 0 Å².